The molecular formula is C14H18N2O2S. The lowest BCUT2D eigenvalue weighted by Gasteiger charge is -2.31. The van der Waals surface area contributed by atoms with E-state index in [0.29, 0.717) is 17.0 Å². The molecule has 0 amide bonds. The van der Waals surface area contributed by atoms with E-state index in [2.05, 4.69) is 4.72 Å². The molecule has 0 heterocycles. The Kier molecular flexibility index (Phi) is 3.93. The summed E-state index contributed by atoms with van der Waals surface area (Å²) in [6.45, 7) is 3.63. The van der Waals surface area contributed by atoms with Crippen LogP contribution in [0.25, 0.3) is 0 Å². The van der Waals surface area contributed by atoms with Crippen LogP contribution in [0.4, 0.5) is 0 Å². The van der Waals surface area contributed by atoms with E-state index in [4.69, 9.17) is 5.26 Å². The van der Waals surface area contributed by atoms with Gasteiger partial charge < -0.3 is 0 Å². The Morgan fingerprint density at radius 2 is 2.11 bits per heavy atom. The first-order valence-electron chi connectivity index (χ1n) is 6.47. The highest BCUT2D eigenvalue weighted by Gasteiger charge is 2.28. The number of sulfonamides is 1. The Balaban J connectivity index is 2.21. The van der Waals surface area contributed by atoms with Gasteiger partial charge in [-0.05, 0) is 56.4 Å². The molecule has 1 aliphatic carbocycles. The smallest absolute Gasteiger partial charge is 0.208 e. The molecule has 5 heteroatoms. The average Bonchev–Trinajstić information content (AvgIpc) is 2.24. The Morgan fingerprint density at radius 3 is 2.58 bits per heavy atom. The zero-order valence-corrected chi connectivity index (χ0v) is 12.0. The number of nitrogens with zero attached hydrogens (tertiary/aromatic N) is 1. The fourth-order valence-corrected chi connectivity index (χ4v) is 3.90. The molecule has 1 saturated carbocycles. The van der Waals surface area contributed by atoms with Crippen LogP contribution in [0.1, 0.15) is 37.3 Å². The molecule has 102 valence electrons. The van der Waals surface area contributed by atoms with Gasteiger partial charge in [0.2, 0.25) is 10.0 Å². The van der Waals surface area contributed by atoms with Crippen molar-refractivity contribution in [1.82, 2.24) is 4.72 Å². The van der Waals surface area contributed by atoms with Gasteiger partial charge in [-0.3, -0.25) is 0 Å². The van der Waals surface area contributed by atoms with Crippen LogP contribution in [0.5, 0.6) is 0 Å². The highest BCUT2D eigenvalue weighted by atomic mass is 32.2. The van der Waals surface area contributed by atoms with Crippen LogP contribution >= 0.6 is 0 Å². The fraction of sp³-hybridized carbons (Fsp3) is 0.500. The van der Waals surface area contributed by atoms with Gasteiger partial charge in [0.05, 0.1) is 16.5 Å². The number of nitrogens with one attached hydrogen (secondary N) is 1. The summed E-state index contributed by atoms with van der Waals surface area (Å²) in [6, 6.07) is 6.62. The molecule has 0 spiro atoms. The zero-order chi connectivity index (χ0) is 14.0. The Morgan fingerprint density at radius 1 is 1.42 bits per heavy atom. The van der Waals surface area contributed by atoms with Crippen LogP contribution in [0.15, 0.2) is 23.1 Å². The van der Waals surface area contributed by atoms with Gasteiger partial charge in [-0.1, -0.05) is 6.42 Å². The number of benzene rings is 1. The zero-order valence-electron chi connectivity index (χ0n) is 11.2. The van der Waals surface area contributed by atoms with Crippen LogP contribution in [0.2, 0.25) is 0 Å². The number of hydrogen-bond acceptors (Lipinski definition) is 3. The van der Waals surface area contributed by atoms with Crippen LogP contribution in [0, 0.1) is 24.2 Å². The van der Waals surface area contributed by atoms with Crippen molar-refractivity contribution in [3.05, 3.63) is 29.3 Å². The second kappa shape index (κ2) is 5.32. The molecule has 0 saturated heterocycles. The number of nitriles is 1. The van der Waals surface area contributed by atoms with Gasteiger partial charge in [0, 0.05) is 6.04 Å². The van der Waals surface area contributed by atoms with E-state index in [-0.39, 0.29) is 10.9 Å². The molecular weight excluding hydrogens is 260 g/mol. The quantitative estimate of drug-likeness (QED) is 0.919. The van der Waals surface area contributed by atoms with E-state index in [1.165, 1.54) is 18.6 Å². The molecule has 0 bridgehead atoms. The minimum absolute atomic E-state index is 0.0335. The van der Waals surface area contributed by atoms with E-state index in [1.807, 2.05) is 13.0 Å². The molecule has 19 heavy (non-hydrogen) atoms. The summed E-state index contributed by atoms with van der Waals surface area (Å²) in [6.07, 6.45) is 3.37. The molecule has 1 aromatic carbocycles. The van der Waals surface area contributed by atoms with Crippen molar-refractivity contribution in [2.75, 3.05) is 0 Å². The first-order valence-corrected chi connectivity index (χ1v) is 7.95. The topological polar surface area (TPSA) is 70.0 Å². The maximum atomic E-state index is 12.3. The first kappa shape index (κ1) is 14.0. The maximum absolute atomic E-state index is 12.3. The summed E-state index contributed by atoms with van der Waals surface area (Å²) in [5, 5.41) is 8.80. The van der Waals surface area contributed by atoms with Crippen molar-refractivity contribution < 1.29 is 8.42 Å². The molecule has 1 fully saturated rings. The van der Waals surface area contributed by atoms with Gasteiger partial charge in [0.1, 0.15) is 0 Å². The standard InChI is InChI=1S/C14H18N2O2S/c1-10-8-12(9-15)6-7-14(10)19(17,18)16-11(2)13-4-3-5-13/h6-8,11,13,16H,3-5H2,1-2H3. The average molecular weight is 278 g/mol. The van der Waals surface area contributed by atoms with E-state index in [1.54, 1.807) is 13.0 Å². The summed E-state index contributed by atoms with van der Waals surface area (Å²) >= 11 is 0. The molecule has 1 atom stereocenters. The van der Waals surface area contributed by atoms with Gasteiger partial charge in [-0.25, -0.2) is 13.1 Å². The second-order valence-electron chi connectivity index (χ2n) is 5.19. The maximum Gasteiger partial charge on any atom is 0.241 e. The van der Waals surface area contributed by atoms with Crippen LogP contribution in [0.3, 0.4) is 0 Å². The molecule has 1 unspecified atom stereocenters. The van der Waals surface area contributed by atoms with Gasteiger partial charge in [-0.2, -0.15) is 5.26 Å². The summed E-state index contributed by atoms with van der Waals surface area (Å²) in [7, 11) is -3.50. The number of rotatable bonds is 4. The van der Waals surface area contributed by atoms with E-state index < -0.39 is 10.0 Å². The lowest BCUT2D eigenvalue weighted by molar-refractivity contribution is 0.260. The monoisotopic (exact) mass is 278 g/mol. The van der Waals surface area contributed by atoms with Crippen molar-refractivity contribution in [3.8, 4) is 6.07 Å². The van der Waals surface area contributed by atoms with Crippen LogP contribution in [-0.4, -0.2) is 14.5 Å². The Bertz CT molecular complexity index is 613. The molecule has 1 aromatic rings. The Labute approximate surface area is 114 Å². The minimum Gasteiger partial charge on any atom is -0.208 e. The highest BCUT2D eigenvalue weighted by Crippen LogP contribution is 2.30. The Hall–Kier alpha value is -1.38. The van der Waals surface area contributed by atoms with E-state index >= 15 is 0 Å². The SMILES string of the molecule is Cc1cc(C#N)ccc1S(=O)(=O)NC(C)C1CCC1. The van der Waals surface area contributed by atoms with E-state index in [0.717, 1.165) is 12.8 Å². The van der Waals surface area contributed by atoms with E-state index in [9.17, 15) is 8.42 Å². The van der Waals surface area contributed by atoms with Crippen LogP contribution in [-0.2, 0) is 10.0 Å². The second-order valence-corrected chi connectivity index (χ2v) is 6.88. The van der Waals surface area contributed by atoms with Crippen molar-refractivity contribution in [2.24, 2.45) is 5.92 Å². The molecule has 0 aliphatic heterocycles. The van der Waals surface area contributed by atoms with Crippen molar-refractivity contribution in [2.45, 2.75) is 44.0 Å². The van der Waals surface area contributed by atoms with Crippen molar-refractivity contribution >= 4 is 10.0 Å². The highest BCUT2D eigenvalue weighted by molar-refractivity contribution is 7.89. The summed E-state index contributed by atoms with van der Waals surface area (Å²) in [4.78, 5) is 0.262. The largest absolute Gasteiger partial charge is 0.241 e. The summed E-state index contributed by atoms with van der Waals surface area (Å²) in [5.41, 5.74) is 1.08. The van der Waals surface area contributed by atoms with Crippen molar-refractivity contribution in [3.63, 3.8) is 0 Å². The lowest BCUT2D eigenvalue weighted by atomic mass is 9.81. The molecule has 4 nitrogen and oxygen atoms in total. The van der Waals surface area contributed by atoms with Gasteiger partial charge in [-0.15, -0.1) is 0 Å². The molecule has 2 rings (SSSR count). The molecule has 0 radical (unpaired) electrons. The summed E-state index contributed by atoms with van der Waals surface area (Å²) < 4.78 is 27.4. The third-order valence-corrected chi connectivity index (χ3v) is 5.51. The fourth-order valence-electron chi connectivity index (χ4n) is 2.36. The first-order chi connectivity index (χ1) is 8.94. The number of hydrogen-bond donors (Lipinski definition) is 1. The van der Waals surface area contributed by atoms with Gasteiger partial charge in [0.15, 0.2) is 0 Å². The predicted octanol–water partition coefficient (Wildman–Crippen LogP) is 2.33. The molecule has 0 aromatic heterocycles. The van der Waals surface area contributed by atoms with Gasteiger partial charge in [0.25, 0.3) is 0 Å². The number of aryl methyl sites for hydroxylation is 1. The van der Waals surface area contributed by atoms with Crippen molar-refractivity contribution in [1.29, 1.82) is 5.26 Å². The third-order valence-electron chi connectivity index (χ3n) is 3.79. The van der Waals surface area contributed by atoms with Gasteiger partial charge >= 0.3 is 0 Å². The van der Waals surface area contributed by atoms with Crippen LogP contribution < -0.4 is 4.72 Å². The molecule has 1 N–H and O–H groups in total. The minimum atomic E-state index is -3.50. The summed E-state index contributed by atoms with van der Waals surface area (Å²) in [5.74, 6) is 0.452. The predicted molar refractivity (Wildman–Crippen MR) is 73.0 cm³/mol. The lowest BCUT2D eigenvalue weighted by Crippen LogP contribution is -2.40. The normalized spacial score (nSPS) is 17.5. The molecule has 1 aliphatic rings. The third kappa shape index (κ3) is 2.96.